The van der Waals surface area contributed by atoms with E-state index in [0.717, 1.165) is 57.1 Å². The number of halogens is 1. The first-order chi connectivity index (χ1) is 13.3. The lowest BCUT2D eigenvalue weighted by molar-refractivity contribution is -0.120. The summed E-state index contributed by atoms with van der Waals surface area (Å²) >= 11 is 5.48. The number of anilines is 1. The highest BCUT2D eigenvalue weighted by Gasteiger charge is 2.30. The van der Waals surface area contributed by atoms with Crippen LogP contribution in [-0.4, -0.2) is 65.7 Å². The zero-order valence-electron chi connectivity index (χ0n) is 16.7. The number of nitrogens with zero attached hydrogens (tertiary/aromatic N) is 3. The summed E-state index contributed by atoms with van der Waals surface area (Å²) in [5, 5.41) is 3.85. The fraction of sp³-hybridized carbons (Fsp3) is 0.571. The van der Waals surface area contributed by atoms with Crippen molar-refractivity contribution in [3.8, 4) is 0 Å². The first-order valence-corrected chi connectivity index (χ1v) is 10.3. The van der Waals surface area contributed by atoms with Gasteiger partial charge in [0.05, 0.1) is 6.54 Å². The molecule has 1 aromatic carbocycles. The Balaban J connectivity index is 1.40. The van der Waals surface area contributed by atoms with Gasteiger partial charge in [-0.25, -0.2) is 4.39 Å². The van der Waals surface area contributed by atoms with Crippen molar-refractivity contribution < 1.29 is 9.18 Å². The molecule has 0 atom stereocenters. The van der Waals surface area contributed by atoms with Crippen LogP contribution in [0.2, 0.25) is 0 Å². The zero-order chi connectivity index (χ0) is 20.1. The number of ketones is 1. The maximum atomic E-state index is 13.0. The minimum atomic E-state index is -0.255. The van der Waals surface area contributed by atoms with E-state index < -0.39 is 0 Å². The van der Waals surface area contributed by atoms with Crippen LogP contribution < -0.4 is 5.32 Å². The van der Waals surface area contributed by atoms with Crippen LogP contribution in [-0.2, 0) is 4.79 Å². The number of carbonyl (C=O) groups is 1. The monoisotopic (exact) mass is 404 g/mol. The van der Waals surface area contributed by atoms with E-state index in [2.05, 4.69) is 29.0 Å². The Morgan fingerprint density at radius 3 is 2.50 bits per heavy atom. The number of hydrogen-bond acceptors (Lipinski definition) is 4. The van der Waals surface area contributed by atoms with E-state index in [9.17, 15) is 9.18 Å². The van der Waals surface area contributed by atoms with Gasteiger partial charge in [-0.15, -0.1) is 0 Å². The number of carbonyl (C=O) groups excluding carboxylic acids is 1. The Kier molecular flexibility index (Phi) is 6.78. The third-order valence-electron chi connectivity index (χ3n) is 5.27. The fourth-order valence-corrected chi connectivity index (χ4v) is 4.17. The Labute approximate surface area is 172 Å². The van der Waals surface area contributed by atoms with Crippen LogP contribution in [0.5, 0.6) is 0 Å². The third kappa shape index (κ3) is 6.07. The predicted molar refractivity (Wildman–Crippen MR) is 116 cm³/mol. The molecule has 2 fully saturated rings. The molecule has 5 nitrogen and oxygen atoms in total. The molecular formula is C21H29FN4OS. The molecule has 28 heavy (non-hydrogen) atoms. The number of benzene rings is 1. The molecule has 1 heterocycles. The van der Waals surface area contributed by atoms with Gasteiger partial charge in [0, 0.05) is 57.0 Å². The third-order valence-corrected chi connectivity index (χ3v) is 5.63. The van der Waals surface area contributed by atoms with Crippen molar-refractivity contribution in [3.63, 3.8) is 0 Å². The lowest BCUT2D eigenvalue weighted by atomic mass is 9.76. The average Bonchev–Trinajstić information content (AvgIpc) is 2.62. The van der Waals surface area contributed by atoms with E-state index in [4.69, 9.17) is 17.2 Å². The van der Waals surface area contributed by atoms with E-state index in [1.165, 1.54) is 12.1 Å². The Hall–Kier alpha value is -1.86. The number of nitrogens with one attached hydrogen (secondary N) is 1. The SMILES string of the molecule is CC1(C)CC(=O)CC(=NCCN2CCN(C(=S)Nc3ccc(F)cc3)CC2)C1. The molecule has 1 aliphatic carbocycles. The number of thiocarbonyl (C=S) groups is 1. The van der Waals surface area contributed by atoms with Crippen molar-refractivity contribution in [2.45, 2.75) is 33.1 Å². The van der Waals surface area contributed by atoms with Crippen molar-refractivity contribution in [2.24, 2.45) is 10.4 Å². The molecule has 1 saturated carbocycles. The van der Waals surface area contributed by atoms with E-state index in [1.54, 1.807) is 12.1 Å². The van der Waals surface area contributed by atoms with Gasteiger partial charge in [-0.2, -0.15) is 0 Å². The Morgan fingerprint density at radius 1 is 1.18 bits per heavy atom. The van der Waals surface area contributed by atoms with Gasteiger partial charge in [-0.05, 0) is 48.3 Å². The largest absolute Gasteiger partial charge is 0.346 e. The van der Waals surface area contributed by atoms with Crippen LogP contribution in [0.25, 0.3) is 0 Å². The lowest BCUT2D eigenvalue weighted by Gasteiger charge is -2.36. The summed E-state index contributed by atoms with van der Waals surface area (Å²) in [4.78, 5) is 21.1. The predicted octanol–water partition coefficient (Wildman–Crippen LogP) is 3.36. The number of Topliss-reactive ketones (excluding diaryl/α,β-unsaturated/α-hetero) is 1. The minimum Gasteiger partial charge on any atom is -0.346 e. The standard InChI is InChI=1S/C21H29FN4OS/c1-21(2)14-18(13-19(27)15-21)23-7-8-25-9-11-26(12-10-25)20(28)24-17-5-3-16(22)4-6-17/h3-6H,7-15H2,1-2H3,(H,24,28). The van der Waals surface area contributed by atoms with Crippen LogP contribution in [0.15, 0.2) is 29.3 Å². The van der Waals surface area contributed by atoms with E-state index in [0.29, 0.717) is 23.7 Å². The van der Waals surface area contributed by atoms with Gasteiger partial charge < -0.3 is 10.2 Å². The van der Waals surface area contributed by atoms with Crippen LogP contribution in [0.4, 0.5) is 10.1 Å². The summed E-state index contributed by atoms with van der Waals surface area (Å²) in [5.41, 5.74) is 1.91. The smallest absolute Gasteiger partial charge is 0.173 e. The molecule has 0 unspecified atom stereocenters. The highest BCUT2D eigenvalue weighted by molar-refractivity contribution is 7.80. The molecule has 0 spiro atoms. The van der Waals surface area contributed by atoms with Crippen molar-refractivity contribution in [1.82, 2.24) is 9.80 Å². The molecule has 2 aliphatic rings. The average molecular weight is 405 g/mol. The zero-order valence-corrected chi connectivity index (χ0v) is 17.5. The summed E-state index contributed by atoms with van der Waals surface area (Å²) < 4.78 is 13.0. The summed E-state index contributed by atoms with van der Waals surface area (Å²) in [7, 11) is 0. The van der Waals surface area contributed by atoms with Gasteiger partial charge in [-0.3, -0.25) is 14.7 Å². The first-order valence-electron chi connectivity index (χ1n) is 9.88. The number of hydrogen-bond donors (Lipinski definition) is 1. The molecule has 1 aliphatic heterocycles. The van der Waals surface area contributed by atoms with Gasteiger partial charge >= 0.3 is 0 Å². The van der Waals surface area contributed by atoms with Crippen molar-refractivity contribution in [3.05, 3.63) is 30.1 Å². The molecule has 0 radical (unpaired) electrons. The second kappa shape index (κ2) is 9.09. The molecule has 0 aromatic heterocycles. The van der Waals surface area contributed by atoms with E-state index in [1.807, 2.05) is 0 Å². The second-order valence-corrected chi connectivity index (χ2v) is 8.83. The molecule has 7 heteroatoms. The van der Waals surface area contributed by atoms with Crippen molar-refractivity contribution in [1.29, 1.82) is 0 Å². The van der Waals surface area contributed by atoms with E-state index in [-0.39, 0.29) is 11.2 Å². The molecule has 0 bridgehead atoms. The van der Waals surface area contributed by atoms with Crippen LogP contribution in [0.3, 0.4) is 0 Å². The topological polar surface area (TPSA) is 47.9 Å². The highest BCUT2D eigenvalue weighted by atomic mass is 32.1. The summed E-state index contributed by atoms with van der Waals surface area (Å²) in [5.74, 6) is 0.0561. The van der Waals surface area contributed by atoms with Crippen molar-refractivity contribution >= 4 is 34.5 Å². The fourth-order valence-electron chi connectivity index (χ4n) is 3.87. The van der Waals surface area contributed by atoms with Gasteiger partial charge in [-0.1, -0.05) is 13.8 Å². The Morgan fingerprint density at radius 2 is 1.86 bits per heavy atom. The van der Waals surface area contributed by atoms with Gasteiger partial charge in [0.15, 0.2) is 5.11 Å². The van der Waals surface area contributed by atoms with Gasteiger partial charge in [0.1, 0.15) is 11.6 Å². The molecule has 1 N–H and O–H groups in total. The van der Waals surface area contributed by atoms with Crippen LogP contribution in [0.1, 0.15) is 33.1 Å². The van der Waals surface area contributed by atoms with Crippen molar-refractivity contribution in [2.75, 3.05) is 44.6 Å². The maximum absolute atomic E-state index is 13.0. The molecule has 3 rings (SSSR count). The number of aliphatic imine (C=N–C) groups is 1. The van der Waals surface area contributed by atoms with Gasteiger partial charge in [0.2, 0.25) is 0 Å². The number of rotatable bonds is 4. The second-order valence-electron chi connectivity index (χ2n) is 8.45. The van der Waals surface area contributed by atoms with Crippen LogP contribution in [0, 0.1) is 11.2 Å². The summed E-state index contributed by atoms with van der Waals surface area (Å²) in [6, 6.07) is 6.22. The normalized spacial score (nSPS) is 21.8. The van der Waals surface area contributed by atoms with Gasteiger partial charge in [0.25, 0.3) is 0 Å². The summed E-state index contributed by atoms with van der Waals surface area (Å²) in [6.07, 6.45) is 2.12. The molecule has 152 valence electrons. The minimum absolute atomic E-state index is 0.0486. The lowest BCUT2D eigenvalue weighted by Crippen LogP contribution is -2.50. The Bertz CT molecular complexity index is 739. The number of piperazine rings is 1. The summed E-state index contributed by atoms with van der Waals surface area (Å²) in [6.45, 7) is 9.51. The quantitative estimate of drug-likeness (QED) is 0.780. The van der Waals surface area contributed by atoms with E-state index >= 15 is 0 Å². The molecular weight excluding hydrogens is 375 g/mol. The molecule has 1 aromatic rings. The first kappa shape index (κ1) is 20.9. The highest BCUT2D eigenvalue weighted by Crippen LogP contribution is 2.31. The molecule has 0 amide bonds. The van der Waals surface area contributed by atoms with Crippen LogP contribution >= 0.6 is 12.2 Å². The maximum Gasteiger partial charge on any atom is 0.173 e. The molecule has 1 saturated heterocycles.